The van der Waals surface area contributed by atoms with E-state index in [1.165, 1.54) is 6.07 Å². The van der Waals surface area contributed by atoms with Crippen LogP contribution in [-0.2, 0) is 0 Å². The number of carbonyl (C=O) groups excluding carboxylic acids is 1. The first-order chi connectivity index (χ1) is 8.89. The predicted molar refractivity (Wildman–Crippen MR) is 83.8 cm³/mol. The number of nitrogens with one attached hydrogen (secondary N) is 1. The van der Waals surface area contributed by atoms with E-state index in [0.717, 1.165) is 0 Å². The van der Waals surface area contributed by atoms with Gasteiger partial charge in [-0.2, -0.15) is 0 Å². The van der Waals surface area contributed by atoms with Crippen LogP contribution in [0.5, 0.6) is 0 Å². The highest BCUT2D eigenvalue weighted by atomic mass is 127. The number of amides is 1. The highest BCUT2D eigenvalue weighted by molar-refractivity contribution is 14.1. The lowest BCUT2D eigenvalue weighted by molar-refractivity contribution is 0.0652. The van der Waals surface area contributed by atoms with Crippen molar-refractivity contribution >= 4 is 51.7 Å². The highest BCUT2D eigenvalue weighted by Gasteiger charge is 2.29. The lowest BCUT2D eigenvalue weighted by Gasteiger charge is -2.29. The molecule has 0 heterocycles. The van der Waals surface area contributed by atoms with E-state index in [2.05, 4.69) is 5.32 Å². The maximum atomic E-state index is 12.2. The molecule has 1 aromatic carbocycles. The van der Waals surface area contributed by atoms with E-state index in [9.17, 15) is 15.0 Å². The third-order valence-electron chi connectivity index (χ3n) is 2.90. The zero-order chi connectivity index (χ0) is 14.6. The molecule has 0 spiro atoms. The maximum Gasteiger partial charge on any atom is 0.253 e. The normalized spacial score (nSPS) is 11.5. The van der Waals surface area contributed by atoms with Crippen molar-refractivity contribution in [3.8, 4) is 0 Å². The Morgan fingerprint density at radius 3 is 2.42 bits per heavy atom. The van der Waals surface area contributed by atoms with Crippen molar-refractivity contribution in [2.75, 3.05) is 13.2 Å². The van der Waals surface area contributed by atoms with Crippen LogP contribution in [0.15, 0.2) is 12.1 Å². The quantitative estimate of drug-likeness (QED) is 0.509. The van der Waals surface area contributed by atoms with E-state index in [1.54, 1.807) is 13.0 Å². The van der Waals surface area contributed by atoms with Gasteiger partial charge in [-0.1, -0.05) is 30.1 Å². The molecule has 0 fully saturated rings. The first-order valence-electron chi connectivity index (χ1n) is 5.58. The third-order valence-corrected chi connectivity index (χ3v) is 4.90. The van der Waals surface area contributed by atoms with Gasteiger partial charge < -0.3 is 15.5 Å². The van der Waals surface area contributed by atoms with Crippen LogP contribution >= 0.6 is 45.8 Å². The summed E-state index contributed by atoms with van der Waals surface area (Å²) in [4.78, 5) is 12.2. The van der Waals surface area contributed by atoms with E-state index in [4.69, 9.17) is 23.2 Å². The number of benzene rings is 1. The lowest BCUT2D eigenvalue weighted by atomic mass is 9.98. The molecule has 1 amide bonds. The second-order valence-corrected chi connectivity index (χ2v) is 6.08. The zero-order valence-corrected chi connectivity index (χ0v) is 13.9. The van der Waals surface area contributed by atoms with Crippen molar-refractivity contribution in [3.05, 3.63) is 31.3 Å². The molecular formula is C12H14Cl2INO3. The second kappa shape index (κ2) is 7.08. The molecule has 0 aliphatic rings. The number of halogens is 3. The fraction of sp³-hybridized carbons (Fsp3) is 0.417. The summed E-state index contributed by atoms with van der Waals surface area (Å²) in [5.74, 6) is -0.432. The Hall–Kier alpha value is -0.0800. The van der Waals surface area contributed by atoms with Gasteiger partial charge in [-0.15, -0.1) is 0 Å². The molecule has 0 atom stereocenters. The molecular weight excluding hydrogens is 404 g/mol. The SMILES string of the molecule is CCC(CO)(CO)NC(=O)c1cc(Cl)cc(Cl)c1I. The van der Waals surface area contributed by atoms with E-state index in [-0.39, 0.29) is 13.2 Å². The second-order valence-electron chi connectivity index (χ2n) is 4.15. The summed E-state index contributed by atoms with van der Waals surface area (Å²) in [6.45, 7) is 1.07. The summed E-state index contributed by atoms with van der Waals surface area (Å²) >= 11 is 13.8. The van der Waals surface area contributed by atoms with E-state index in [1.807, 2.05) is 22.6 Å². The Morgan fingerprint density at radius 2 is 1.95 bits per heavy atom. The summed E-state index contributed by atoms with van der Waals surface area (Å²) in [6, 6.07) is 3.05. The van der Waals surface area contributed by atoms with Gasteiger partial charge in [-0.05, 0) is 41.1 Å². The van der Waals surface area contributed by atoms with Crippen molar-refractivity contribution in [1.29, 1.82) is 0 Å². The van der Waals surface area contributed by atoms with Gasteiger partial charge >= 0.3 is 0 Å². The molecule has 0 aliphatic heterocycles. The van der Waals surface area contributed by atoms with Crippen LogP contribution in [0.25, 0.3) is 0 Å². The largest absolute Gasteiger partial charge is 0.394 e. The summed E-state index contributed by atoms with van der Waals surface area (Å²) in [5.41, 5.74) is -0.729. The minimum absolute atomic E-state index is 0.317. The molecule has 4 nitrogen and oxygen atoms in total. The minimum atomic E-state index is -1.05. The molecule has 0 unspecified atom stereocenters. The van der Waals surface area contributed by atoms with Gasteiger partial charge in [0, 0.05) is 8.59 Å². The standard InChI is InChI=1S/C12H14Cl2INO3/c1-2-12(5-17,6-18)16-11(19)8-3-7(13)4-9(14)10(8)15/h3-4,17-18H,2,5-6H2,1H3,(H,16,19). The molecule has 0 aliphatic carbocycles. The highest BCUT2D eigenvalue weighted by Crippen LogP contribution is 2.27. The van der Waals surface area contributed by atoms with Crippen LogP contribution in [-0.4, -0.2) is 34.9 Å². The Balaban J connectivity index is 3.08. The summed E-state index contributed by atoms with van der Waals surface area (Å²) in [7, 11) is 0. The van der Waals surface area contributed by atoms with Crippen LogP contribution < -0.4 is 5.32 Å². The monoisotopic (exact) mass is 417 g/mol. The Bertz CT molecular complexity index is 470. The zero-order valence-electron chi connectivity index (χ0n) is 10.2. The molecule has 7 heteroatoms. The molecule has 0 aromatic heterocycles. The maximum absolute atomic E-state index is 12.2. The predicted octanol–water partition coefficient (Wildman–Crippen LogP) is 2.46. The van der Waals surface area contributed by atoms with Crippen molar-refractivity contribution in [2.24, 2.45) is 0 Å². The van der Waals surface area contributed by atoms with Crippen molar-refractivity contribution in [2.45, 2.75) is 18.9 Å². The van der Waals surface area contributed by atoms with E-state index >= 15 is 0 Å². The van der Waals surface area contributed by atoms with Crippen LogP contribution in [0.1, 0.15) is 23.7 Å². The van der Waals surface area contributed by atoms with E-state index in [0.29, 0.717) is 25.6 Å². The molecule has 0 saturated carbocycles. The fourth-order valence-electron chi connectivity index (χ4n) is 1.47. The first kappa shape index (κ1) is 17.0. The molecule has 0 saturated heterocycles. The Kier molecular flexibility index (Phi) is 6.32. The van der Waals surface area contributed by atoms with Crippen LogP contribution in [0.4, 0.5) is 0 Å². The molecule has 1 aromatic rings. The van der Waals surface area contributed by atoms with Gasteiger partial charge in [0.05, 0.1) is 29.3 Å². The van der Waals surface area contributed by atoms with Crippen LogP contribution in [0.3, 0.4) is 0 Å². The summed E-state index contributed by atoms with van der Waals surface area (Å²) < 4.78 is 0.571. The third kappa shape index (κ3) is 3.95. The molecule has 19 heavy (non-hydrogen) atoms. The van der Waals surface area contributed by atoms with Gasteiger partial charge in [-0.25, -0.2) is 0 Å². The molecule has 106 valence electrons. The Labute approximate surface area is 135 Å². The Morgan fingerprint density at radius 1 is 1.37 bits per heavy atom. The molecule has 1 rings (SSSR count). The number of carbonyl (C=O) groups is 1. The fourth-order valence-corrected chi connectivity index (χ4v) is 2.52. The van der Waals surface area contributed by atoms with Crippen LogP contribution in [0.2, 0.25) is 10.0 Å². The average Bonchev–Trinajstić information content (AvgIpc) is 2.40. The van der Waals surface area contributed by atoms with Crippen molar-refractivity contribution in [1.82, 2.24) is 5.32 Å². The van der Waals surface area contributed by atoms with Gasteiger partial charge in [-0.3, -0.25) is 4.79 Å². The average molecular weight is 418 g/mol. The lowest BCUT2D eigenvalue weighted by Crippen LogP contribution is -2.53. The number of aliphatic hydroxyl groups is 2. The number of rotatable bonds is 5. The molecule has 3 N–H and O–H groups in total. The number of hydrogen-bond donors (Lipinski definition) is 3. The molecule has 0 radical (unpaired) electrons. The first-order valence-corrected chi connectivity index (χ1v) is 7.41. The van der Waals surface area contributed by atoms with Crippen molar-refractivity contribution in [3.63, 3.8) is 0 Å². The smallest absolute Gasteiger partial charge is 0.253 e. The van der Waals surface area contributed by atoms with Crippen LogP contribution in [0, 0.1) is 3.57 Å². The van der Waals surface area contributed by atoms with Crippen molar-refractivity contribution < 1.29 is 15.0 Å². The van der Waals surface area contributed by atoms with E-state index < -0.39 is 11.4 Å². The van der Waals surface area contributed by atoms with Gasteiger partial charge in [0.1, 0.15) is 0 Å². The van der Waals surface area contributed by atoms with Gasteiger partial charge in [0.25, 0.3) is 5.91 Å². The number of hydrogen-bond acceptors (Lipinski definition) is 3. The molecule has 0 bridgehead atoms. The van der Waals surface area contributed by atoms with Gasteiger partial charge in [0.2, 0.25) is 0 Å². The minimum Gasteiger partial charge on any atom is -0.394 e. The summed E-state index contributed by atoms with van der Waals surface area (Å²) in [5, 5.41) is 22.0. The number of aliphatic hydroxyl groups excluding tert-OH is 2. The topological polar surface area (TPSA) is 69.6 Å². The summed E-state index contributed by atoms with van der Waals surface area (Å²) in [6.07, 6.45) is 0.399. The van der Waals surface area contributed by atoms with Gasteiger partial charge in [0.15, 0.2) is 0 Å².